The van der Waals surface area contributed by atoms with Crippen LogP contribution < -0.4 is 16.0 Å². The van der Waals surface area contributed by atoms with E-state index in [4.69, 9.17) is 15.2 Å². The number of anilines is 2. The summed E-state index contributed by atoms with van der Waals surface area (Å²) in [4.78, 5) is 40.6. The Morgan fingerprint density at radius 1 is 1.03 bits per heavy atom. The first kappa shape index (κ1) is 26.5. The van der Waals surface area contributed by atoms with Crippen LogP contribution in [-0.2, 0) is 23.9 Å². The number of nitrogens with one attached hydrogen (secondary N) is 1. The van der Waals surface area contributed by atoms with Crippen LogP contribution in [0.5, 0.6) is 0 Å². The second kappa shape index (κ2) is 11.2. The van der Waals surface area contributed by atoms with Gasteiger partial charge in [-0.1, -0.05) is 49.2 Å². The highest BCUT2D eigenvalue weighted by Gasteiger charge is 2.43. The number of amides is 1. The third-order valence-electron chi connectivity index (χ3n) is 7.07. The molecule has 1 aliphatic carbocycles. The number of ether oxygens (including phenoxy) is 2. The Morgan fingerprint density at radius 2 is 1.68 bits per heavy atom. The van der Waals surface area contributed by atoms with Gasteiger partial charge in [0.1, 0.15) is 11.5 Å². The molecule has 1 aliphatic heterocycles. The summed E-state index contributed by atoms with van der Waals surface area (Å²) in [7, 11) is 2.40. The Kier molecular flexibility index (Phi) is 7.82. The zero-order chi connectivity index (χ0) is 27.4. The first-order valence-electron chi connectivity index (χ1n) is 12.4. The maximum absolute atomic E-state index is 13.2. The Morgan fingerprint density at radius 3 is 2.29 bits per heavy atom. The third kappa shape index (κ3) is 4.85. The van der Waals surface area contributed by atoms with E-state index in [9.17, 15) is 19.6 Å². The molecule has 1 fully saturated rings. The van der Waals surface area contributed by atoms with Crippen molar-refractivity contribution in [3.05, 3.63) is 82.3 Å². The number of hydrogen-bond acceptors (Lipinski definition) is 8. The van der Waals surface area contributed by atoms with E-state index in [0.29, 0.717) is 16.9 Å². The second-order valence-electron chi connectivity index (χ2n) is 9.31. The number of nitriles is 1. The number of esters is 2. The molecule has 1 unspecified atom stereocenters. The third-order valence-corrected chi connectivity index (χ3v) is 7.07. The van der Waals surface area contributed by atoms with Crippen molar-refractivity contribution in [2.24, 2.45) is 11.7 Å². The summed E-state index contributed by atoms with van der Waals surface area (Å²) in [5.41, 5.74) is 8.70. The summed E-state index contributed by atoms with van der Waals surface area (Å²) in [5, 5.41) is 13.2. The van der Waals surface area contributed by atoms with E-state index in [1.54, 1.807) is 48.5 Å². The van der Waals surface area contributed by atoms with E-state index in [1.807, 2.05) is 6.92 Å². The van der Waals surface area contributed by atoms with Crippen molar-refractivity contribution in [1.29, 1.82) is 5.26 Å². The molecule has 196 valence electrons. The molecule has 9 heteroatoms. The summed E-state index contributed by atoms with van der Waals surface area (Å²) >= 11 is 0. The minimum atomic E-state index is -0.953. The molecule has 2 aliphatic rings. The minimum absolute atomic E-state index is 0.0358. The van der Waals surface area contributed by atoms with Crippen LogP contribution in [0.25, 0.3) is 0 Å². The SMILES string of the molecule is COC(=O)C1=C(C(=O)OC)N(c2ccc(C)c(NC(=O)C3CCCC3)c2)C(N)=C(C#N)C1c1ccccc1. The minimum Gasteiger partial charge on any atom is -0.466 e. The van der Waals surface area contributed by atoms with Crippen LogP contribution in [0, 0.1) is 24.2 Å². The lowest BCUT2D eigenvalue weighted by Gasteiger charge is -2.36. The van der Waals surface area contributed by atoms with Crippen LogP contribution in [0.3, 0.4) is 0 Å². The van der Waals surface area contributed by atoms with Crippen molar-refractivity contribution < 1.29 is 23.9 Å². The lowest BCUT2D eigenvalue weighted by molar-refractivity contribution is -0.139. The molecule has 3 N–H and O–H groups in total. The van der Waals surface area contributed by atoms with E-state index >= 15 is 0 Å². The lowest BCUT2D eigenvalue weighted by atomic mass is 9.81. The van der Waals surface area contributed by atoms with Gasteiger partial charge in [-0.15, -0.1) is 0 Å². The predicted molar refractivity (Wildman–Crippen MR) is 141 cm³/mol. The number of nitrogens with two attached hydrogens (primary N) is 1. The monoisotopic (exact) mass is 514 g/mol. The molecule has 0 saturated heterocycles. The molecule has 9 nitrogen and oxygen atoms in total. The summed E-state index contributed by atoms with van der Waals surface area (Å²) < 4.78 is 10.1. The number of carbonyl (C=O) groups is 3. The van der Waals surface area contributed by atoms with Crippen molar-refractivity contribution in [3.63, 3.8) is 0 Å². The van der Waals surface area contributed by atoms with Gasteiger partial charge in [-0.2, -0.15) is 5.26 Å². The number of nitrogens with zero attached hydrogens (tertiary/aromatic N) is 2. The maximum atomic E-state index is 13.2. The maximum Gasteiger partial charge on any atom is 0.355 e. The van der Waals surface area contributed by atoms with Crippen LogP contribution in [0.4, 0.5) is 11.4 Å². The number of methoxy groups -OCH3 is 2. The van der Waals surface area contributed by atoms with Crippen molar-refractivity contribution in [2.75, 3.05) is 24.4 Å². The average Bonchev–Trinajstić information content (AvgIpc) is 3.48. The molecular weight excluding hydrogens is 484 g/mol. The van der Waals surface area contributed by atoms with Crippen molar-refractivity contribution in [1.82, 2.24) is 0 Å². The quantitative estimate of drug-likeness (QED) is 0.552. The van der Waals surface area contributed by atoms with Crippen LogP contribution in [-0.4, -0.2) is 32.1 Å². The Bertz CT molecular complexity index is 1370. The smallest absolute Gasteiger partial charge is 0.355 e. The van der Waals surface area contributed by atoms with Gasteiger partial charge in [-0.25, -0.2) is 9.59 Å². The van der Waals surface area contributed by atoms with Crippen LogP contribution in [0.15, 0.2) is 71.2 Å². The molecule has 1 heterocycles. The number of rotatable bonds is 6. The van der Waals surface area contributed by atoms with Gasteiger partial charge in [0.15, 0.2) is 0 Å². The van der Waals surface area contributed by atoms with Gasteiger partial charge >= 0.3 is 11.9 Å². The van der Waals surface area contributed by atoms with Gasteiger partial charge in [0.25, 0.3) is 0 Å². The van der Waals surface area contributed by atoms with Gasteiger partial charge in [-0.3, -0.25) is 9.69 Å². The van der Waals surface area contributed by atoms with E-state index in [0.717, 1.165) is 31.2 Å². The Hall–Kier alpha value is -4.58. The van der Waals surface area contributed by atoms with Crippen molar-refractivity contribution >= 4 is 29.2 Å². The van der Waals surface area contributed by atoms with Gasteiger partial charge in [-0.05, 0) is 43.0 Å². The normalized spacial score (nSPS) is 17.7. The number of allylic oxidation sites excluding steroid dienone is 1. The fourth-order valence-electron chi connectivity index (χ4n) is 5.09. The molecule has 1 atom stereocenters. The van der Waals surface area contributed by atoms with Crippen LogP contribution in [0.1, 0.15) is 42.7 Å². The summed E-state index contributed by atoms with van der Waals surface area (Å²) in [6.07, 6.45) is 3.73. The molecular formula is C29H30N4O5. The van der Waals surface area contributed by atoms with Gasteiger partial charge in [0, 0.05) is 17.3 Å². The number of carbonyl (C=O) groups excluding carboxylic acids is 3. The second-order valence-corrected chi connectivity index (χ2v) is 9.31. The molecule has 4 rings (SSSR count). The van der Waals surface area contributed by atoms with Crippen molar-refractivity contribution in [3.8, 4) is 6.07 Å². The molecule has 0 aromatic heterocycles. The Balaban J connectivity index is 1.91. The molecule has 1 amide bonds. The first-order valence-corrected chi connectivity index (χ1v) is 12.4. The molecule has 1 saturated carbocycles. The standard InChI is InChI=1S/C29H30N4O5/c1-17-13-14-20(15-22(17)32-27(34)19-11-7-8-12-19)33-25(29(36)38-3)24(28(35)37-2)23(21(16-30)26(33)31)18-9-5-4-6-10-18/h4-6,9-10,13-15,19,23H,7-8,11-12,31H2,1-3H3,(H,32,34). The highest BCUT2D eigenvalue weighted by Crippen LogP contribution is 2.43. The van der Waals surface area contributed by atoms with Crippen LogP contribution >= 0.6 is 0 Å². The van der Waals surface area contributed by atoms with E-state index in [1.165, 1.54) is 19.1 Å². The highest BCUT2D eigenvalue weighted by atomic mass is 16.5. The highest BCUT2D eigenvalue weighted by molar-refractivity contribution is 6.06. The largest absolute Gasteiger partial charge is 0.466 e. The Labute approximate surface area is 221 Å². The van der Waals surface area contributed by atoms with E-state index in [2.05, 4.69) is 11.4 Å². The van der Waals surface area contributed by atoms with Crippen LogP contribution in [0.2, 0.25) is 0 Å². The van der Waals surface area contributed by atoms with E-state index in [-0.39, 0.29) is 34.5 Å². The molecule has 38 heavy (non-hydrogen) atoms. The fourth-order valence-corrected chi connectivity index (χ4v) is 5.09. The lowest BCUT2D eigenvalue weighted by Crippen LogP contribution is -2.40. The van der Waals surface area contributed by atoms with Crippen molar-refractivity contribution in [2.45, 2.75) is 38.5 Å². The molecule has 0 radical (unpaired) electrons. The fraction of sp³-hybridized carbons (Fsp3) is 0.310. The van der Waals surface area contributed by atoms with Gasteiger partial charge < -0.3 is 20.5 Å². The first-order chi connectivity index (χ1) is 18.3. The molecule has 0 bridgehead atoms. The zero-order valence-corrected chi connectivity index (χ0v) is 21.6. The average molecular weight is 515 g/mol. The molecule has 0 spiro atoms. The topological polar surface area (TPSA) is 135 Å². The molecule has 2 aromatic carbocycles. The number of aryl methyl sites for hydroxylation is 1. The number of hydrogen-bond donors (Lipinski definition) is 2. The van der Waals surface area contributed by atoms with Gasteiger partial charge in [0.2, 0.25) is 5.91 Å². The summed E-state index contributed by atoms with van der Waals surface area (Å²) in [6.45, 7) is 1.85. The summed E-state index contributed by atoms with van der Waals surface area (Å²) in [5.74, 6) is -2.73. The molecule has 2 aromatic rings. The summed E-state index contributed by atoms with van der Waals surface area (Å²) in [6, 6.07) is 16.1. The number of benzene rings is 2. The van der Waals surface area contributed by atoms with Gasteiger partial charge in [0.05, 0.1) is 37.4 Å². The zero-order valence-electron chi connectivity index (χ0n) is 21.6. The predicted octanol–water partition coefficient (Wildman–Crippen LogP) is 4.02. The van der Waals surface area contributed by atoms with E-state index < -0.39 is 17.9 Å².